The largest absolute Gasteiger partial charge is 0.481 e. The van der Waals surface area contributed by atoms with Crippen LogP contribution in [0.15, 0.2) is 22.6 Å². The summed E-state index contributed by atoms with van der Waals surface area (Å²) in [6, 6.07) is 3.43. The highest BCUT2D eigenvalue weighted by atomic mass is 16.4. The van der Waals surface area contributed by atoms with Crippen molar-refractivity contribution in [2.75, 3.05) is 6.54 Å². The van der Waals surface area contributed by atoms with Crippen molar-refractivity contribution >= 4 is 18.0 Å². The van der Waals surface area contributed by atoms with Gasteiger partial charge >= 0.3 is 5.97 Å². The van der Waals surface area contributed by atoms with Crippen molar-refractivity contribution in [3.8, 4) is 0 Å². The van der Waals surface area contributed by atoms with Crippen LogP contribution in [0.25, 0.3) is 6.08 Å². The van der Waals surface area contributed by atoms with Crippen molar-refractivity contribution in [3.05, 3.63) is 29.7 Å². The van der Waals surface area contributed by atoms with Gasteiger partial charge in [-0.1, -0.05) is 0 Å². The van der Waals surface area contributed by atoms with Gasteiger partial charge in [0.15, 0.2) is 0 Å². The molecule has 0 spiro atoms. The van der Waals surface area contributed by atoms with Crippen LogP contribution in [0, 0.1) is 6.92 Å². The van der Waals surface area contributed by atoms with Gasteiger partial charge in [0.05, 0.1) is 6.42 Å². The highest BCUT2D eigenvalue weighted by molar-refractivity contribution is 5.92. The Bertz CT molecular complexity index is 503. The molecule has 1 saturated heterocycles. The average Bonchev–Trinajstić information content (AvgIpc) is 2.94. The smallest absolute Gasteiger partial charge is 0.305 e. The third kappa shape index (κ3) is 3.47. The van der Waals surface area contributed by atoms with Crippen molar-refractivity contribution in [1.29, 1.82) is 0 Å². The number of amides is 1. The first-order valence-corrected chi connectivity index (χ1v) is 6.33. The molecular formula is C14H17NO4. The van der Waals surface area contributed by atoms with Gasteiger partial charge in [0.2, 0.25) is 5.91 Å². The molecule has 0 aliphatic carbocycles. The Labute approximate surface area is 111 Å². The maximum absolute atomic E-state index is 12.0. The second-order valence-electron chi connectivity index (χ2n) is 4.71. The number of carbonyl (C=O) groups excluding carboxylic acids is 1. The summed E-state index contributed by atoms with van der Waals surface area (Å²) in [6.45, 7) is 2.46. The third-order valence-electron chi connectivity index (χ3n) is 3.22. The van der Waals surface area contributed by atoms with Gasteiger partial charge in [-0.25, -0.2) is 0 Å². The fourth-order valence-corrected chi connectivity index (χ4v) is 2.33. The SMILES string of the molecule is Cc1ccc(/C=C/C(=O)N2CCCC2CC(=O)O)o1. The number of rotatable bonds is 4. The lowest BCUT2D eigenvalue weighted by Crippen LogP contribution is -2.35. The quantitative estimate of drug-likeness (QED) is 0.844. The molecule has 1 aromatic heterocycles. The van der Waals surface area contributed by atoms with Crippen molar-refractivity contribution < 1.29 is 19.1 Å². The molecule has 2 heterocycles. The lowest BCUT2D eigenvalue weighted by molar-refractivity contribution is -0.139. The number of aliphatic carboxylic acids is 1. The first kappa shape index (κ1) is 13.4. The second-order valence-corrected chi connectivity index (χ2v) is 4.71. The standard InChI is InChI=1S/C14H17NO4/c1-10-4-5-12(19-10)6-7-13(16)15-8-2-3-11(15)9-14(17)18/h4-7,11H,2-3,8-9H2,1H3,(H,17,18)/b7-6+. The monoisotopic (exact) mass is 263 g/mol. The summed E-state index contributed by atoms with van der Waals surface area (Å²) in [7, 11) is 0. The molecule has 1 unspecified atom stereocenters. The summed E-state index contributed by atoms with van der Waals surface area (Å²) in [5.74, 6) is 0.394. The lowest BCUT2D eigenvalue weighted by atomic mass is 10.1. The number of furan rings is 1. The molecule has 0 bridgehead atoms. The minimum atomic E-state index is -0.865. The molecule has 5 nitrogen and oxygen atoms in total. The minimum Gasteiger partial charge on any atom is -0.481 e. The number of nitrogens with zero attached hydrogens (tertiary/aromatic N) is 1. The Balaban J connectivity index is 1.98. The van der Waals surface area contributed by atoms with E-state index in [2.05, 4.69) is 0 Å². The molecule has 19 heavy (non-hydrogen) atoms. The van der Waals surface area contributed by atoms with Gasteiger partial charge in [-0.2, -0.15) is 0 Å². The molecular weight excluding hydrogens is 246 g/mol. The molecule has 0 saturated carbocycles. The predicted molar refractivity (Wildman–Crippen MR) is 69.5 cm³/mol. The topological polar surface area (TPSA) is 70.8 Å². The van der Waals surface area contributed by atoms with Crippen molar-refractivity contribution in [2.45, 2.75) is 32.2 Å². The molecule has 102 valence electrons. The summed E-state index contributed by atoms with van der Waals surface area (Å²) < 4.78 is 5.34. The molecule has 1 aliphatic heterocycles. The molecule has 0 radical (unpaired) electrons. The van der Waals surface area contributed by atoms with Gasteiger partial charge in [0.25, 0.3) is 0 Å². The van der Waals surface area contributed by atoms with Crippen molar-refractivity contribution in [2.24, 2.45) is 0 Å². The van der Waals surface area contributed by atoms with E-state index in [-0.39, 0.29) is 18.4 Å². The molecule has 1 fully saturated rings. The van der Waals surface area contributed by atoms with Crippen LogP contribution in [0.3, 0.4) is 0 Å². The van der Waals surface area contributed by atoms with Crippen molar-refractivity contribution in [3.63, 3.8) is 0 Å². The molecule has 0 aromatic carbocycles. The zero-order valence-electron chi connectivity index (χ0n) is 10.8. The Morgan fingerprint density at radius 1 is 1.53 bits per heavy atom. The summed E-state index contributed by atoms with van der Waals surface area (Å²) in [5.41, 5.74) is 0. The average molecular weight is 263 g/mol. The van der Waals surface area contributed by atoms with Crippen LogP contribution in [0.2, 0.25) is 0 Å². The minimum absolute atomic E-state index is 0.0133. The number of carbonyl (C=O) groups is 2. The fraction of sp³-hybridized carbons (Fsp3) is 0.429. The number of hydrogen-bond donors (Lipinski definition) is 1. The zero-order chi connectivity index (χ0) is 13.8. The number of carboxylic acid groups (broad SMARTS) is 1. The number of carboxylic acids is 1. The van der Waals surface area contributed by atoms with E-state index in [0.717, 1.165) is 18.6 Å². The van der Waals surface area contributed by atoms with E-state index in [4.69, 9.17) is 9.52 Å². The van der Waals surface area contributed by atoms with Crippen LogP contribution < -0.4 is 0 Å². The first-order chi connectivity index (χ1) is 9.06. The van der Waals surface area contributed by atoms with Crippen LogP contribution >= 0.6 is 0 Å². The van der Waals surface area contributed by atoms with E-state index in [0.29, 0.717) is 12.3 Å². The Morgan fingerprint density at radius 3 is 2.95 bits per heavy atom. The second kappa shape index (κ2) is 5.73. The van der Waals surface area contributed by atoms with Gasteiger partial charge in [0, 0.05) is 18.7 Å². The van der Waals surface area contributed by atoms with Gasteiger partial charge in [-0.15, -0.1) is 0 Å². The van der Waals surface area contributed by atoms with Crippen LogP contribution in [0.5, 0.6) is 0 Å². The predicted octanol–water partition coefficient (Wildman–Crippen LogP) is 2.07. The van der Waals surface area contributed by atoms with E-state index >= 15 is 0 Å². The Hall–Kier alpha value is -2.04. The lowest BCUT2D eigenvalue weighted by Gasteiger charge is -2.21. The van der Waals surface area contributed by atoms with E-state index in [1.54, 1.807) is 17.0 Å². The first-order valence-electron chi connectivity index (χ1n) is 6.33. The Morgan fingerprint density at radius 2 is 2.32 bits per heavy atom. The number of hydrogen-bond acceptors (Lipinski definition) is 3. The summed E-state index contributed by atoms with van der Waals surface area (Å²) in [4.78, 5) is 24.4. The van der Waals surface area contributed by atoms with Gasteiger partial charge in [-0.05, 0) is 38.0 Å². The molecule has 1 aromatic rings. The molecule has 1 atom stereocenters. The van der Waals surface area contributed by atoms with E-state index in [1.165, 1.54) is 6.08 Å². The zero-order valence-corrected chi connectivity index (χ0v) is 10.8. The van der Waals surface area contributed by atoms with Crippen LogP contribution in [0.1, 0.15) is 30.8 Å². The molecule has 1 aliphatic rings. The summed E-state index contributed by atoms with van der Waals surface area (Å²) >= 11 is 0. The summed E-state index contributed by atoms with van der Waals surface area (Å²) in [5, 5.41) is 8.81. The fourth-order valence-electron chi connectivity index (χ4n) is 2.33. The van der Waals surface area contributed by atoms with E-state index in [9.17, 15) is 9.59 Å². The molecule has 1 amide bonds. The third-order valence-corrected chi connectivity index (χ3v) is 3.22. The maximum Gasteiger partial charge on any atom is 0.305 e. The van der Waals surface area contributed by atoms with E-state index in [1.807, 2.05) is 13.0 Å². The number of likely N-dealkylation sites (tertiary alicyclic amines) is 1. The highest BCUT2D eigenvalue weighted by Crippen LogP contribution is 2.20. The van der Waals surface area contributed by atoms with Gasteiger partial charge in [0.1, 0.15) is 11.5 Å². The molecule has 1 N–H and O–H groups in total. The van der Waals surface area contributed by atoms with Gasteiger partial charge in [-0.3, -0.25) is 9.59 Å². The normalized spacial score (nSPS) is 19.2. The molecule has 5 heteroatoms. The maximum atomic E-state index is 12.0. The van der Waals surface area contributed by atoms with Crippen LogP contribution in [-0.4, -0.2) is 34.5 Å². The Kier molecular flexibility index (Phi) is 4.04. The highest BCUT2D eigenvalue weighted by Gasteiger charge is 2.29. The number of aryl methyl sites for hydroxylation is 1. The van der Waals surface area contributed by atoms with Gasteiger partial charge < -0.3 is 14.4 Å². The summed E-state index contributed by atoms with van der Waals surface area (Å²) in [6.07, 6.45) is 4.69. The van der Waals surface area contributed by atoms with Crippen molar-refractivity contribution in [1.82, 2.24) is 4.90 Å². The van der Waals surface area contributed by atoms with E-state index < -0.39 is 5.97 Å². The molecule has 2 rings (SSSR count). The van der Waals surface area contributed by atoms with Crippen LogP contribution in [-0.2, 0) is 9.59 Å². The van der Waals surface area contributed by atoms with Crippen LogP contribution in [0.4, 0.5) is 0 Å².